The third-order valence-corrected chi connectivity index (χ3v) is 5.94. The van der Waals surface area contributed by atoms with Crippen molar-refractivity contribution in [3.05, 3.63) is 11.1 Å². The topological polar surface area (TPSA) is 0 Å². The third-order valence-electron chi connectivity index (χ3n) is 1.27. The summed E-state index contributed by atoms with van der Waals surface area (Å²) in [6, 6.07) is 0. The van der Waals surface area contributed by atoms with Crippen molar-refractivity contribution in [2.24, 2.45) is 0 Å². The van der Waals surface area contributed by atoms with Gasteiger partial charge in [0.25, 0.3) is 0 Å². The van der Waals surface area contributed by atoms with E-state index in [9.17, 15) is 0 Å². The molecule has 0 atom stereocenters. The van der Waals surface area contributed by atoms with Crippen LogP contribution < -0.4 is 0 Å². The highest BCUT2D eigenvalue weighted by Crippen LogP contribution is 2.34. The van der Waals surface area contributed by atoms with Crippen LogP contribution in [0.5, 0.6) is 0 Å². The van der Waals surface area contributed by atoms with Gasteiger partial charge in [0.2, 0.25) is 0 Å². The van der Waals surface area contributed by atoms with Gasteiger partial charge in [-0.15, -0.1) is 11.8 Å². The molecule has 0 heterocycles. The zero-order valence-corrected chi connectivity index (χ0v) is 10.4. The van der Waals surface area contributed by atoms with Crippen LogP contribution in [-0.4, -0.2) is 12.8 Å². The van der Waals surface area contributed by atoms with Crippen molar-refractivity contribution in [1.29, 1.82) is 0 Å². The molecule has 0 amide bonds. The Balaban J connectivity index is 4.11. The molecule has 2 heteroatoms. The molecule has 0 aliphatic heterocycles. The van der Waals surface area contributed by atoms with Crippen molar-refractivity contribution in [3.8, 4) is 0 Å². The lowest BCUT2D eigenvalue weighted by atomic mass is 10.3. The van der Waals surface area contributed by atoms with E-state index in [1.165, 1.54) is 4.53 Å². The summed E-state index contributed by atoms with van der Waals surface area (Å²) in [7, 11) is -1.10. The molecule has 0 bridgehead atoms. The second-order valence-corrected chi connectivity index (χ2v) is 12.3. The fourth-order valence-electron chi connectivity index (χ4n) is 0.523. The number of hydrogen-bond donors (Lipinski definition) is 0. The van der Waals surface area contributed by atoms with Gasteiger partial charge in [-0.1, -0.05) is 47.0 Å². The molecule has 0 aromatic rings. The summed E-state index contributed by atoms with van der Waals surface area (Å²) in [6.07, 6.45) is 0. The maximum absolute atomic E-state index is 4.14. The summed E-state index contributed by atoms with van der Waals surface area (Å²) in [6.45, 7) is 17.9. The Morgan fingerprint density at radius 3 is 1.64 bits per heavy atom. The molecule has 0 aliphatic rings. The highest BCUT2D eigenvalue weighted by Gasteiger charge is 2.22. The van der Waals surface area contributed by atoms with E-state index >= 15 is 0 Å². The first-order valence-electron chi connectivity index (χ1n) is 4.01. The molecule has 11 heavy (non-hydrogen) atoms. The zero-order valence-electron chi connectivity index (χ0n) is 8.62. The van der Waals surface area contributed by atoms with E-state index in [-0.39, 0.29) is 0 Å². The summed E-state index contributed by atoms with van der Waals surface area (Å²) in [4.78, 5) is 0. The zero-order chi connectivity index (χ0) is 9.28. The van der Waals surface area contributed by atoms with Crippen molar-refractivity contribution in [2.45, 2.75) is 45.2 Å². The van der Waals surface area contributed by atoms with Crippen LogP contribution >= 0.6 is 11.8 Å². The minimum Gasteiger partial charge on any atom is -0.130 e. The predicted octanol–water partition coefficient (Wildman–Crippen LogP) is 3.91. The van der Waals surface area contributed by atoms with Crippen LogP contribution in [0.25, 0.3) is 0 Å². The van der Waals surface area contributed by atoms with Crippen LogP contribution in [0.4, 0.5) is 0 Å². The Morgan fingerprint density at radius 1 is 1.18 bits per heavy atom. The fourth-order valence-corrected chi connectivity index (χ4v) is 3.41. The normalized spacial score (nSPS) is 13.3. The van der Waals surface area contributed by atoms with E-state index < -0.39 is 8.07 Å². The van der Waals surface area contributed by atoms with Crippen molar-refractivity contribution in [3.63, 3.8) is 0 Å². The van der Waals surface area contributed by atoms with Crippen molar-refractivity contribution in [2.75, 3.05) is 0 Å². The van der Waals surface area contributed by atoms with Gasteiger partial charge in [-0.2, -0.15) is 0 Å². The molecular weight excluding hydrogens is 168 g/mol. The van der Waals surface area contributed by atoms with E-state index in [2.05, 4.69) is 47.0 Å². The SMILES string of the molecule is C=C(SC(C)(C)C)[Si](C)(C)C. The monoisotopic (exact) mass is 188 g/mol. The predicted molar refractivity (Wildman–Crippen MR) is 59.8 cm³/mol. The molecule has 0 nitrogen and oxygen atoms in total. The smallest absolute Gasteiger partial charge is 0.0849 e. The van der Waals surface area contributed by atoms with Gasteiger partial charge in [-0.3, -0.25) is 0 Å². The van der Waals surface area contributed by atoms with Gasteiger partial charge >= 0.3 is 0 Å². The number of hydrogen-bond acceptors (Lipinski definition) is 1. The molecule has 0 saturated heterocycles. The van der Waals surface area contributed by atoms with Crippen LogP contribution in [-0.2, 0) is 0 Å². The molecule has 0 rings (SSSR count). The molecule has 0 unspecified atom stereocenters. The average Bonchev–Trinajstić information content (AvgIpc) is 1.56. The Hall–Kier alpha value is 0.307. The molecular formula is C9H20SSi. The largest absolute Gasteiger partial charge is 0.130 e. The number of thioether (sulfide) groups is 1. The number of rotatable bonds is 2. The van der Waals surface area contributed by atoms with Crippen LogP contribution in [0.1, 0.15) is 20.8 Å². The first-order chi connectivity index (χ1) is 4.63. The van der Waals surface area contributed by atoms with Crippen LogP contribution in [0.2, 0.25) is 19.6 Å². The van der Waals surface area contributed by atoms with Crippen molar-refractivity contribution < 1.29 is 0 Å². The molecule has 0 N–H and O–H groups in total. The summed E-state index contributed by atoms with van der Waals surface area (Å²) in [5, 5.41) is 0. The van der Waals surface area contributed by atoms with E-state index in [4.69, 9.17) is 0 Å². The Bertz CT molecular complexity index is 148. The molecule has 0 aliphatic carbocycles. The molecule has 0 radical (unpaired) electrons. The van der Waals surface area contributed by atoms with Crippen molar-refractivity contribution in [1.82, 2.24) is 0 Å². The summed E-state index contributed by atoms with van der Waals surface area (Å²) in [5.41, 5.74) is 0. The van der Waals surface area contributed by atoms with Crippen LogP contribution in [0.15, 0.2) is 11.1 Å². The fraction of sp³-hybridized carbons (Fsp3) is 0.778. The van der Waals surface area contributed by atoms with Gasteiger partial charge in [-0.05, 0) is 4.53 Å². The highest BCUT2D eigenvalue weighted by atomic mass is 32.2. The van der Waals surface area contributed by atoms with E-state index in [0.717, 1.165) is 0 Å². The van der Waals surface area contributed by atoms with Gasteiger partial charge in [0.1, 0.15) is 0 Å². The van der Waals surface area contributed by atoms with Gasteiger partial charge in [0.15, 0.2) is 0 Å². The lowest BCUT2D eigenvalue weighted by Crippen LogP contribution is -2.24. The molecule has 0 aromatic heterocycles. The van der Waals surface area contributed by atoms with E-state index in [1.54, 1.807) is 0 Å². The Morgan fingerprint density at radius 2 is 1.55 bits per heavy atom. The maximum atomic E-state index is 4.14. The first kappa shape index (κ1) is 11.3. The van der Waals surface area contributed by atoms with E-state index in [0.29, 0.717) is 4.75 Å². The van der Waals surface area contributed by atoms with Crippen LogP contribution in [0, 0.1) is 0 Å². The molecule has 0 spiro atoms. The second-order valence-electron chi connectivity index (χ2n) is 4.89. The van der Waals surface area contributed by atoms with Gasteiger partial charge in [0.05, 0.1) is 8.07 Å². The van der Waals surface area contributed by atoms with E-state index in [1.807, 2.05) is 11.8 Å². The second kappa shape index (κ2) is 3.36. The Kier molecular flexibility index (Phi) is 3.45. The molecule has 0 saturated carbocycles. The average molecular weight is 188 g/mol. The summed E-state index contributed by atoms with van der Waals surface area (Å²) >= 11 is 1.93. The standard InChI is InChI=1S/C9H20SSi/c1-8(11(5,6)7)10-9(2,3)4/h1H2,2-7H3. The van der Waals surface area contributed by atoms with Gasteiger partial charge in [0, 0.05) is 4.75 Å². The Labute approximate surface area is 76.5 Å². The first-order valence-corrected chi connectivity index (χ1v) is 8.33. The quantitative estimate of drug-likeness (QED) is 0.592. The lowest BCUT2D eigenvalue weighted by molar-refractivity contribution is 0.807. The summed E-state index contributed by atoms with van der Waals surface area (Å²) in [5.74, 6) is 0. The molecule has 66 valence electrons. The molecule has 0 fully saturated rings. The van der Waals surface area contributed by atoms with Gasteiger partial charge < -0.3 is 0 Å². The van der Waals surface area contributed by atoms with Gasteiger partial charge in [-0.25, -0.2) is 0 Å². The maximum Gasteiger partial charge on any atom is 0.0849 e. The minimum absolute atomic E-state index is 0.331. The minimum atomic E-state index is -1.10. The third kappa shape index (κ3) is 5.56. The van der Waals surface area contributed by atoms with Crippen molar-refractivity contribution >= 4 is 19.8 Å². The lowest BCUT2D eigenvalue weighted by Gasteiger charge is -2.26. The molecule has 0 aromatic carbocycles. The van der Waals surface area contributed by atoms with Crippen LogP contribution in [0.3, 0.4) is 0 Å². The summed E-state index contributed by atoms with van der Waals surface area (Å²) < 4.78 is 1.74. The highest BCUT2D eigenvalue weighted by molar-refractivity contribution is 8.06.